The summed E-state index contributed by atoms with van der Waals surface area (Å²) in [5.41, 5.74) is 0. The second-order valence-corrected chi connectivity index (χ2v) is 4.37. The minimum absolute atomic E-state index is 0.0269. The largest absolute Gasteiger partial charge is 0.302 e. The van der Waals surface area contributed by atoms with Crippen LogP contribution in [-0.2, 0) is 0 Å². The second kappa shape index (κ2) is 8.40. The predicted molar refractivity (Wildman–Crippen MR) is 59.9 cm³/mol. The van der Waals surface area contributed by atoms with Crippen molar-refractivity contribution >= 4 is 11.8 Å². The van der Waals surface area contributed by atoms with Crippen molar-refractivity contribution in [2.75, 3.05) is 18.1 Å². The Bertz CT molecular complexity index is 153. The predicted octanol–water partition coefficient (Wildman–Crippen LogP) is 2.27. The molecule has 13 heavy (non-hydrogen) atoms. The van der Waals surface area contributed by atoms with Crippen LogP contribution in [0.5, 0.6) is 0 Å². The molecule has 0 aliphatic heterocycles. The summed E-state index contributed by atoms with van der Waals surface area (Å²) in [4.78, 5) is 0. The van der Waals surface area contributed by atoms with Crippen molar-refractivity contribution in [3.8, 4) is 6.07 Å². The van der Waals surface area contributed by atoms with E-state index in [4.69, 9.17) is 5.26 Å². The number of nitriles is 1. The van der Waals surface area contributed by atoms with Gasteiger partial charge in [-0.2, -0.15) is 17.0 Å². The van der Waals surface area contributed by atoms with Crippen molar-refractivity contribution in [1.29, 1.82) is 5.26 Å². The molecule has 1 N–H and O–H groups in total. The van der Waals surface area contributed by atoms with Gasteiger partial charge in [0.2, 0.25) is 0 Å². The van der Waals surface area contributed by atoms with Crippen molar-refractivity contribution in [2.24, 2.45) is 5.92 Å². The first kappa shape index (κ1) is 12.8. The lowest BCUT2D eigenvalue weighted by atomic mass is 10.2. The molecule has 0 saturated heterocycles. The first-order valence-corrected chi connectivity index (χ1v) is 6.10. The van der Waals surface area contributed by atoms with Crippen LogP contribution in [0.15, 0.2) is 0 Å². The van der Waals surface area contributed by atoms with E-state index in [1.165, 1.54) is 12.2 Å². The molecular formula is C10H20N2S. The van der Waals surface area contributed by atoms with Gasteiger partial charge in [-0.25, -0.2) is 0 Å². The van der Waals surface area contributed by atoms with Gasteiger partial charge in [-0.05, 0) is 18.2 Å². The highest BCUT2D eigenvalue weighted by atomic mass is 32.2. The normalized spacial score (nSPS) is 14.9. The van der Waals surface area contributed by atoms with Gasteiger partial charge in [0.15, 0.2) is 0 Å². The molecule has 0 heterocycles. The Morgan fingerprint density at radius 2 is 2.08 bits per heavy atom. The zero-order chi connectivity index (χ0) is 10.1. The molecule has 0 spiro atoms. The monoisotopic (exact) mass is 200 g/mol. The summed E-state index contributed by atoms with van der Waals surface area (Å²) in [6.45, 7) is 7.37. The summed E-state index contributed by atoms with van der Waals surface area (Å²) < 4.78 is 0. The number of nitrogens with one attached hydrogen (secondary N) is 1. The molecule has 0 amide bonds. The van der Waals surface area contributed by atoms with Crippen LogP contribution in [-0.4, -0.2) is 24.1 Å². The average Bonchev–Trinajstić information content (AvgIpc) is 2.16. The van der Waals surface area contributed by atoms with Crippen LogP contribution < -0.4 is 5.32 Å². The van der Waals surface area contributed by atoms with Gasteiger partial charge in [-0.1, -0.05) is 27.2 Å². The first-order valence-electron chi connectivity index (χ1n) is 4.95. The van der Waals surface area contributed by atoms with E-state index in [-0.39, 0.29) is 6.04 Å². The van der Waals surface area contributed by atoms with E-state index in [2.05, 4.69) is 25.2 Å². The number of thioether (sulfide) groups is 1. The average molecular weight is 200 g/mol. The molecule has 3 heteroatoms. The summed E-state index contributed by atoms with van der Waals surface area (Å²) >= 11 is 1.87. The fourth-order valence-electron chi connectivity index (χ4n) is 0.893. The van der Waals surface area contributed by atoms with Crippen LogP contribution >= 0.6 is 11.8 Å². The lowest BCUT2D eigenvalue weighted by Crippen LogP contribution is -2.29. The Hall–Kier alpha value is -0.200. The summed E-state index contributed by atoms with van der Waals surface area (Å²) in [5.74, 6) is 2.85. The van der Waals surface area contributed by atoms with Gasteiger partial charge in [0.25, 0.3) is 0 Å². The quantitative estimate of drug-likeness (QED) is 0.685. The first-order chi connectivity index (χ1) is 6.24. The number of hydrogen-bond acceptors (Lipinski definition) is 3. The van der Waals surface area contributed by atoms with E-state index in [1.54, 1.807) is 0 Å². The van der Waals surface area contributed by atoms with E-state index in [0.29, 0.717) is 0 Å². The van der Waals surface area contributed by atoms with Crippen molar-refractivity contribution in [2.45, 2.75) is 33.2 Å². The van der Waals surface area contributed by atoms with Crippen molar-refractivity contribution in [3.05, 3.63) is 0 Å². The Morgan fingerprint density at radius 1 is 1.38 bits per heavy atom. The van der Waals surface area contributed by atoms with Crippen LogP contribution in [0.2, 0.25) is 0 Å². The Labute approximate surface area is 86.1 Å². The second-order valence-electron chi connectivity index (χ2n) is 3.29. The number of nitrogens with zero attached hydrogens (tertiary/aromatic N) is 1. The summed E-state index contributed by atoms with van der Waals surface area (Å²) in [5, 5.41) is 11.9. The van der Waals surface area contributed by atoms with Gasteiger partial charge in [0.05, 0.1) is 6.07 Å². The van der Waals surface area contributed by atoms with Crippen molar-refractivity contribution in [3.63, 3.8) is 0 Å². The highest BCUT2D eigenvalue weighted by Gasteiger charge is 2.06. The van der Waals surface area contributed by atoms with E-state index in [0.717, 1.165) is 18.2 Å². The van der Waals surface area contributed by atoms with Gasteiger partial charge in [-0.3, -0.25) is 0 Å². The third kappa shape index (κ3) is 6.92. The zero-order valence-corrected chi connectivity index (χ0v) is 9.66. The van der Waals surface area contributed by atoms with Crippen molar-refractivity contribution < 1.29 is 0 Å². The Kier molecular flexibility index (Phi) is 8.27. The topological polar surface area (TPSA) is 35.8 Å². The standard InChI is InChI=1S/C10H20N2S/c1-4-9(3)7-13-8-10(6-11)12-5-2/h9-10,12H,4-5,7-8H2,1-3H3. The molecule has 0 aromatic heterocycles. The zero-order valence-electron chi connectivity index (χ0n) is 8.84. The molecule has 76 valence electrons. The number of rotatable bonds is 7. The molecule has 0 aromatic carbocycles. The lowest BCUT2D eigenvalue weighted by molar-refractivity contribution is 0.633. The van der Waals surface area contributed by atoms with Crippen LogP contribution in [0.3, 0.4) is 0 Å². The molecule has 0 radical (unpaired) electrons. The molecule has 0 fully saturated rings. The van der Waals surface area contributed by atoms with Gasteiger partial charge in [0.1, 0.15) is 6.04 Å². The lowest BCUT2D eigenvalue weighted by Gasteiger charge is -2.11. The van der Waals surface area contributed by atoms with Gasteiger partial charge in [0, 0.05) is 5.75 Å². The van der Waals surface area contributed by atoms with E-state index < -0.39 is 0 Å². The van der Waals surface area contributed by atoms with Gasteiger partial charge in [-0.15, -0.1) is 0 Å². The van der Waals surface area contributed by atoms with Gasteiger partial charge < -0.3 is 5.32 Å². The SMILES string of the molecule is CCNC(C#N)CSCC(C)CC. The minimum atomic E-state index is 0.0269. The van der Waals surface area contributed by atoms with E-state index in [9.17, 15) is 0 Å². The number of hydrogen-bond donors (Lipinski definition) is 1. The summed E-state index contributed by atoms with van der Waals surface area (Å²) in [7, 11) is 0. The maximum atomic E-state index is 8.75. The van der Waals surface area contributed by atoms with Crippen LogP contribution in [0.1, 0.15) is 27.2 Å². The molecule has 2 atom stereocenters. The summed E-state index contributed by atoms with van der Waals surface area (Å²) in [6.07, 6.45) is 1.23. The van der Waals surface area contributed by atoms with Crippen LogP contribution in [0, 0.1) is 17.2 Å². The molecular weight excluding hydrogens is 180 g/mol. The minimum Gasteiger partial charge on any atom is -0.302 e. The molecule has 0 rings (SSSR count). The maximum absolute atomic E-state index is 8.75. The molecule has 0 saturated carbocycles. The van der Waals surface area contributed by atoms with E-state index in [1.807, 2.05) is 18.7 Å². The third-order valence-electron chi connectivity index (χ3n) is 1.99. The Balaban J connectivity index is 3.44. The fraction of sp³-hybridized carbons (Fsp3) is 0.900. The molecule has 0 aromatic rings. The fourth-order valence-corrected chi connectivity index (χ4v) is 2.10. The van der Waals surface area contributed by atoms with Crippen molar-refractivity contribution in [1.82, 2.24) is 5.32 Å². The summed E-state index contributed by atoms with van der Waals surface area (Å²) in [6, 6.07) is 2.29. The van der Waals surface area contributed by atoms with Gasteiger partial charge >= 0.3 is 0 Å². The molecule has 2 unspecified atom stereocenters. The highest BCUT2D eigenvalue weighted by molar-refractivity contribution is 7.99. The van der Waals surface area contributed by atoms with Crippen LogP contribution in [0.25, 0.3) is 0 Å². The third-order valence-corrected chi connectivity index (χ3v) is 3.36. The molecule has 0 bridgehead atoms. The molecule has 2 nitrogen and oxygen atoms in total. The Morgan fingerprint density at radius 3 is 2.54 bits per heavy atom. The maximum Gasteiger partial charge on any atom is 0.104 e. The van der Waals surface area contributed by atoms with E-state index >= 15 is 0 Å². The molecule has 0 aliphatic carbocycles. The molecule has 0 aliphatic rings. The smallest absolute Gasteiger partial charge is 0.104 e. The van der Waals surface area contributed by atoms with Crippen LogP contribution in [0.4, 0.5) is 0 Å². The highest BCUT2D eigenvalue weighted by Crippen LogP contribution is 2.11.